The van der Waals surface area contributed by atoms with Crippen LogP contribution in [0.3, 0.4) is 0 Å². The highest BCUT2D eigenvalue weighted by Gasteiger charge is 2.25. The number of hydrogen-bond acceptors (Lipinski definition) is 5. The Hall–Kier alpha value is -3.41. The van der Waals surface area contributed by atoms with Gasteiger partial charge >= 0.3 is 0 Å². The fourth-order valence-electron chi connectivity index (χ4n) is 2.66. The molecular formula is C21H23N5O. The first kappa shape index (κ1) is 18.4. The van der Waals surface area contributed by atoms with Crippen LogP contribution in [0.1, 0.15) is 19.4 Å². The summed E-state index contributed by atoms with van der Waals surface area (Å²) in [6.07, 6.45) is 7.36. The number of hydrazine groups is 1. The van der Waals surface area contributed by atoms with Gasteiger partial charge in [0.05, 0.1) is 12.2 Å². The summed E-state index contributed by atoms with van der Waals surface area (Å²) in [6.45, 7) is 8.60. The van der Waals surface area contributed by atoms with Crippen molar-refractivity contribution in [3.8, 4) is 0 Å². The third-order valence-electron chi connectivity index (χ3n) is 4.03. The number of nitrogens with one attached hydrogen (secondary N) is 2. The molecule has 3 rings (SSSR count). The number of carbonyl (C=O) groups excluding carboxylic acids is 1. The number of nitrogens with zero attached hydrogens (tertiary/aromatic N) is 3. The van der Waals surface area contributed by atoms with Gasteiger partial charge < -0.3 is 5.32 Å². The molecular weight excluding hydrogens is 338 g/mol. The molecule has 1 aromatic rings. The van der Waals surface area contributed by atoms with Gasteiger partial charge in [-0.1, -0.05) is 49.1 Å². The molecule has 0 saturated carbocycles. The van der Waals surface area contributed by atoms with Crippen molar-refractivity contribution in [1.82, 2.24) is 15.8 Å². The Morgan fingerprint density at radius 2 is 2.11 bits per heavy atom. The number of amidine groups is 2. The van der Waals surface area contributed by atoms with Crippen LogP contribution in [0.15, 0.2) is 88.2 Å². The van der Waals surface area contributed by atoms with Crippen molar-refractivity contribution in [3.63, 3.8) is 0 Å². The smallest absolute Gasteiger partial charge is 0.267 e. The van der Waals surface area contributed by atoms with E-state index in [0.717, 1.165) is 16.8 Å². The number of rotatable bonds is 6. The second kappa shape index (κ2) is 8.31. The molecule has 0 aliphatic carbocycles. The lowest BCUT2D eigenvalue weighted by Gasteiger charge is -2.26. The molecule has 0 spiro atoms. The summed E-state index contributed by atoms with van der Waals surface area (Å²) in [5.41, 5.74) is 6.43. The first-order valence-corrected chi connectivity index (χ1v) is 8.80. The van der Waals surface area contributed by atoms with E-state index >= 15 is 0 Å². The van der Waals surface area contributed by atoms with E-state index < -0.39 is 0 Å². The zero-order valence-electron chi connectivity index (χ0n) is 15.6. The van der Waals surface area contributed by atoms with E-state index in [0.29, 0.717) is 30.5 Å². The highest BCUT2D eigenvalue weighted by Crippen LogP contribution is 2.13. The van der Waals surface area contributed by atoms with Crippen LogP contribution in [0.2, 0.25) is 0 Å². The Bertz CT molecular complexity index is 890. The van der Waals surface area contributed by atoms with E-state index in [-0.39, 0.29) is 5.91 Å². The minimum Gasteiger partial charge on any atom is -0.379 e. The maximum atomic E-state index is 12.6. The molecule has 6 heteroatoms. The minimum atomic E-state index is -0.150. The Balaban J connectivity index is 1.82. The maximum absolute atomic E-state index is 12.6. The van der Waals surface area contributed by atoms with E-state index in [9.17, 15) is 4.79 Å². The van der Waals surface area contributed by atoms with Crippen LogP contribution in [0.25, 0.3) is 0 Å². The molecule has 138 valence electrons. The first-order chi connectivity index (χ1) is 13.1. The van der Waals surface area contributed by atoms with E-state index in [4.69, 9.17) is 0 Å². The predicted octanol–water partition coefficient (Wildman–Crippen LogP) is 2.70. The number of fused-ring (bicyclic) bond motifs is 2. The lowest BCUT2D eigenvalue weighted by atomic mass is 10.2. The molecule has 6 nitrogen and oxygen atoms in total. The fraction of sp³-hybridized carbons (Fsp3) is 0.190. The van der Waals surface area contributed by atoms with Crippen LogP contribution >= 0.6 is 0 Å². The van der Waals surface area contributed by atoms with Gasteiger partial charge in [0, 0.05) is 17.3 Å². The summed E-state index contributed by atoms with van der Waals surface area (Å²) in [7, 11) is 0. The Morgan fingerprint density at radius 1 is 1.33 bits per heavy atom. The highest BCUT2D eigenvalue weighted by molar-refractivity contribution is 6.11. The summed E-state index contributed by atoms with van der Waals surface area (Å²) in [5, 5.41) is 4.81. The number of aliphatic imine (C=N–C) groups is 2. The monoisotopic (exact) mass is 361 g/mol. The minimum absolute atomic E-state index is 0.150. The summed E-state index contributed by atoms with van der Waals surface area (Å²) in [5.74, 6) is 1.07. The number of amides is 1. The lowest BCUT2D eigenvalue weighted by molar-refractivity contribution is -0.127. The van der Waals surface area contributed by atoms with Crippen LogP contribution in [0, 0.1) is 0 Å². The molecule has 2 bridgehead atoms. The fourth-order valence-corrected chi connectivity index (χ4v) is 2.66. The molecule has 1 amide bonds. The molecule has 1 aromatic carbocycles. The Labute approximate surface area is 159 Å². The molecule has 2 aliphatic rings. The average molecular weight is 361 g/mol. The van der Waals surface area contributed by atoms with Crippen LogP contribution in [0.4, 0.5) is 0 Å². The van der Waals surface area contributed by atoms with Gasteiger partial charge in [0.2, 0.25) is 0 Å². The van der Waals surface area contributed by atoms with Gasteiger partial charge in [0.15, 0.2) is 11.7 Å². The van der Waals surface area contributed by atoms with Gasteiger partial charge in [0.1, 0.15) is 6.54 Å². The maximum Gasteiger partial charge on any atom is 0.267 e. The van der Waals surface area contributed by atoms with E-state index in [1.807, 2.05) is 62.4 Å². The zero-order valence-corrected chi connectivity index (χ0v) is 15.6. The van der Waals surface area contributed by atoms with Crippen molar-refractivity contribution < 1.29 is 4.79 Å². The number of hydrogen-bond donors (Lipinski definition) is 2. The summed E-state index contributed by atoms with van der Waals surface area (Å²) < 4.78 is 0. The molecule has 0 fully saturated rings. The quantitative estimate of drug-likeness (QED) is 0.766. The van der Waals surface area contributed by atoms with Crippen molar-refractivity contribution in [1.29, 1.82) is 0 Å². The molecule has 0 radical (unpaired) electrons. The molecule has 0 unspecified atom stereocenters. The van der Waals surface area contributed by atoms with Gasteiger partial charge in [-0.15, -0.1) is 0 Å². The lowest BCUT2D eigenvalue weighted by Crippen LogP contribution is -2.51. The van der Waals surface area contributed by atoms with Crippen LogP contribution in [-0.4, -0.2) is 35.7 Å². The molecule has 2 aliphatic heterocycles. The number of allylic oxidation sites excluding steroid dienone is 4. The third-order valence-corrected chi connectivity index (χ3v) is 4.03. The highest BCUT2D eigenvalue weighted by atomic mass is 16.2. The second-order valence-electron chi connectivity index (χ2n) is 6.27. The topological polar surface area (TPSA) is 69.1 Å². The van der Waals surface area contributed by atoms with Crippen molar-refractivity contribution in [2.75, 3.05) is 13.1 Å². The number of carbonyl (C=O) groups is 1. The van der Waals surface area contributed by atoms with Crippen LogP contribution in [0.5, 0.6) is 0 Å². The van der Waals surface area contributed by atoms with Gasteiger partial charge in [-0.05, 0) is 25.5 Å². The average Bonchev–Trinajstić information content (AvgIpc) is 2.77. The summed E-state index contributed by atoms with van der Waals surface area (Å²) >= 11 is 0. The van der Waals surface area contributed by atoms with Gasteiger partial charge in [-0.3, -0.25) is 10.2 Å². The van der Waals surface area contributed by atoms with E-state index in [1.54, 1.807) is 0 Å². The molecule has 0 saturated heterocycles. The predicted molar refractivity (Wildman–Crippen MR) is 109 cm³/mol. The normalized spacial score (nSPS) is 17.0. The van der Waals surface area contributed by atoms with Crippen molar-refractivity contribution in [2.24, 2.45) is 9.98 Å². The Kier molecular flexibility index (Phi) is 5.66. The zero-order chi connectivity index (χ0) is 19.2. The van der Waals surface area contributed by atoms with Crippen molar-refractivity contribution >= 4 is 17.6 Å². The second-order valence-corrected chi connectivity index (χ2v) is 6.27. The third kappa shape index (κ3) is 4.61. The number of benzene rings is 1. The molecule has 2 heterocycles. The summed E-state index contributed by atoms with van der Waals surface area (Å²) in [4.78, 5) is 21.7. The van der Waals surface area contributed by atoms with Crippen LogP contribution in [-0.2, 0) is 4.79 Å². The SMILES string of the molecule is C=C(C)/C(=C\C=C/C)NCC1=CC(=O)N2CC(=N1)N=C(c1ccccc1)N2. The van der Waals surface area contributed by atoms with Gasteiger partial charge in [0.25, 0.3) is 5.91 Å². The summed E-state index contributed by atoms with van der Waals surface area (Å²) in [6, 6.07) is 9.68. The first-order valence-electron chi connectivity index (χ1n) is 8.80. The van der Waals surface area contributed by atoms with Crippen molar-refractivity contribution in [3.05, 3.63) is 83.7 Å². The van der Waals surface area contributed by atoms with E-state index in [2.05, 4.69) is 27.3 Å². The molecule has 27 heavy (non-hydrogen) atoms. The van der Waals surface area contributed by atoms with Gasteiger partial charge in [-0.2, -0.15) is 0 Å². The standard InChI is InChI=1S/C21H23N5O/c1-4-5-11-18(15(2)3)22-13-17-12-20(27)26-14-19(23-17)24-21(25-26)16-9-7-6-8-10-16/h4-12,22H,2,13-14H2,1,3H3,(H,23,24,25)/b5-4-,18-11+. The molecule has 0 aromatic heterocycles. The van der Waals surface area contributed by atoms with Crippen molar-refractivity contribution in [2.45, 2.75) is 13.8 Å². The molecule has 0 atom stereocenters. The van der Waals surface area contributed by atoms with E-state index in [1.165, 1.54) is 11.1 Å². The van der Waals surface area contributed by atoms with Gasteiger partial charge in [-0.25, -0.2) is 15.0 Å². The largest absolute Gasteiger partial charge is 0.379 e. The Morgan fingerprint density at radius 3 is 2.81 bits per heavy atom. The molecule has 2 N–H and O–H groups in total. The van der Waals surface area contributed by atoms with Crippen LogP contribution < -0.4 is 10.7 Å².